The van der Waals surface area contributed by atoms with Gasteiger partial charge < -0.3 is 9.47 Å². The number of ether oxygens (including phenoxy) is 2. The molecule has 0 aliphatic heterocycles. The smallest absolute Gasteiger partial charge is 0.341 e. The van der Waals surface area contributed by atoms with Gasteiger partial charge in [0, 0.05) is 6.07 Å². The summed E-state index contributed by atoms with van der Waals surface area (Å²) in [6.07, 6.45) is 0. The summed E-state index contributed by atoms with van der Waals surface area (Å²) < 4.78 is 5.43. The molecule has 0 aromatic carbocycles. The maximum Gasteiger partial charge on any atom is 0.341 e. The molecule has 0 amide bonds. The van der Waals surface area contributed by atoms with Gasteiger partial charge in [-0.15, -0.1) is 0 Å². The highest BCUT2D eigenvalue weighted by Gasteiger charge is 2.26. The van der Waals surface area contributed by atoms with Crippen LogP contribution in [0.1, 0.15) is 0 Å². The predicted octanol–water partition coefficient (Wildman–Crippen LogP) is 4.54. The molecule has 0 radical (unpaired) electrons. The fourth-order valence-electron chi connectivity index (χ4n) is 0.697. The Kier molecular flexibility index (Phi) is 5.36. The highest BCUT2D eigenvalue weighted by atomic mass is 35.6. The van der Waals surface area contributed by atoms with Crippen molar-refractivity contribution in [3.8, 4) is 11.9 Å². The number of hydrogen-bond donors (Lipinski definition) is 0. The molecule has 0 spiro atoms. The van der Waals surface area contributed by atoms with Crippen molar-refractivity contribution in [1.82, 2.24) is 9.97 Å². The summed E-state index contributed by atoms with van der Waals surface area (Å²) in [4.78, 5) is 7.28. The van der Waals surface area contributed by atoms with E-state index in [1.807, 2.05) is 0 Å². The first-order valence-electron chi connectivity index (χ1n) is 3.61. The Bertz CT molecular complexity index is 368. The lowest BCUT2D eigenvalue weighted by Crippen LogP contribution is -2.17. The van der Waals surface area contributed by atoms with E-state index in [-0.39, 0.29) is 17.0 Å². The maximum atomic E-state index is 5.64. The second kappa shape index (κ2) is 5.78. The van der Waals surface area contributed by atoms with Crippen molar-refractivity contribution < 1.29 is 9.47 Å². The Balaban J connectivity index is 2.95. The summed E-state index contributed by atoms with van der Waals surface area (Å²) in [6, 6.07) is 0.844. The molecular formula is C6HCl7N2O2. The van der Waals surface area contributed by atoms with E-state index in [1.165, 1.54) is 6.07 Å². The summed E-state index contributed by atoms with van der Waals surface area (Å²) in [5, 5.41) is -0.0477. The first-order valence-corrected chi connectivity index (χ1v) is 6.26. The van der Waals surface area contributed by atoms with Crippen LogP contribution < -0.4 is 9.47 Å². The van der Waals surface area contributed by atoms with Gasteiger partial charge in [-0.3, -0.25) is 0 Å². The number of aromatic nitrogens is 2. The van der Waals surface area contributed by atoms with Crippen molar-refractivity contribution in [2.24, 2.45) is 0 Å². The van der Waals surface area contributed by atoms with Gasteiger partial charge in [0.05, 0.1) is 0 Å². The summed E-state index contributed by atoms with van der Waals surface area (Å²) >= 11 is 37.9. The van der Waals surface area contributed by atoms with E-state index >= 15 is 0 Å². The molecule has 0 saturated heterocycles. The van der Waals surface area contributed by atoms with Gasteiger partial charge in [0.25, 0.3) is 0 Å². The Morgan fingerprint density at radius 3 is 1.88 bits per heavy atom. The predicted molar refractivity (Wildman–Crippen MR) is 68.9 cm³/mol. The van der Waals surface area contributed by atoms with E-state index in [9.17, 15) is 0 Å². The van der Waals surface area contributed by atoms with E-state index in [0.29, 0.717) is 0 Å². The second-order valence-electron chi connectivity index (χ2n) is 2.41. The topological polar surface area (TPSA) is 44.2 Å². The van der Waals surface area contributed by atoms with E-state index in [4.69, 9.17) is 90.7 Å². The van der Waals surface area contributed by atoms with Crippen molar-refractivity contribution in [3.05, 3.63) is 11.2 Å². The first kappa shape index (κ1) is 15.8. The van der Waals surface area contributed by atoms with Crippen LogP contribution in [-0.4, -0.2) is 17.9 Å². The average molecular weight is 381 g/mol. The number of rotatable bonds is 2. The zero-order valence-electron chi connectivity index (χ0n) is 7.43. The molecule has 0 saturated carbocycles. The fourth-order valence-corrected chi connectivity index (χ4v) is 1.31. The third kappa shape index (κ3) is 7.01. The zero-order valence-corrected chi connectivity index (χ0v) is 12.7. The summed E-state index contributed by atoms with van der Waals surface area (Å²) in [6.45, 7) is 0. The van der Waals surface area contributed by atoms with Crippen LogP contribution in [0.2, 0.25) is 5.15 Å². The molecule has 0 unspecified atom stereocenters. The molecule has 0 atom stereocenters. The highest BCUT2D eigenvalue weighted by molar-refractivity contribution is 6.66. The molecule has 11 heteroatoms. The largest absolute Gasteiger partial charge is 0.427 e. The van der Waals surface area contributed by atoms with E-state index in [1.54, 1.807) is 0 Å². The van der Waals surface area contributed by atoms with Gasteiger partial charge in [-0.25, -0.2) is 0 Å². The molecule has 0 aliphatic carbocycles. The number of nitrogens with zero attached hydrogens (tertiary/aromatic N) is 2. The molecule has 1 aromatic heterocycles. The lowest BCUT2D eigenvalue weighted by Gasteiger charge is -2.15. The average Bonchev–Trinajstić information content (AvgIpc) is 1.93. The molecule has 1 rings (SSSR count). The van der Waals surface area contributed by atoms with Crippen LogP contribution in [0.15, 0.2) is 6.07 Å². The molecule has 0 aliphatic rings. The minimum absolute atomic E-state index is 0.0477. The molecule has 4 nitrogen and oxygen atoms in total. The van der Waals surface area contributed by atoms with E-state index < -0.39 is 7.96 Å². The van der Waals surface area contributed by atoms with Crippen LogP contribution >= 0.6 is 81.2 Å². The van der Waals surface area contributed by atoms with Crippen LogP contribution in [0.4, 0.5) is 0 Å². The van der Waals surface area contributed by atoms with Crippen molar-refractivity contribution in [2.75, 3.05) is 0 Å². The third-order valence-electron chi connectivity index (χ3n) is 1.08. The lowest BCUT2D eigenvalue weighted by molar-refractivity contribution is 0.270. The van der Waals surface area contributed by atoms with Crippen LogP contribution in [-0.2, 0) is 0 Å². The third-order valence-corrected chi connectivity index (χ3v) is 1.73. The van der Waals surface area contributed by atoms with Crippen LogP contribution in [0.25, 0.3) is 0 Å². The monoisotopic (exact) mass is 378 g/mol. The minimum atomic E-state index is -2.05. The van der Waals surface area contributed by atoms with Gasteiger partial charge in [0.1, 0.15) is 5.15 Å². The highest BCUT2D eigenvalue weighted by Crippen LogP contribution is 2.33. The SMILES string of the molecule is Clc1cc(OC(Cl)(Cl)Cl)nc(OC(Cl)(Cl)Cl)n1. The van der Waals surface area contributed by atoms with Gasteiger partial charge in [-0.1, -0.05) is 11.6 Å². The maximum absolute atomic E-state index is 5.64. The molecular weight excluding hydrogens is 380 g/mol. The van der Waals surface area contributed by atoms with Crippen LogP contribution in [0.5, 0.6) is 11.9 Å². The van der Waals surface area contributed by atoms with Gasteiger partial charge in [0.2, 0.25) is 5.88 Å². The molecule has 17 heavy (non-hydrogen) atoms. The Labute approximate surface area is 131 Å². The van der Waals surface area contributed by atoms with Gasteiger partial charge in [0.15, 0.2) is 0 Å². The number of halogens is 7. The summed E-state index contributed by atoms with van der Waals surface area (Å²) in [7, 11) is 0. The molecule has 96 valence electrons. The lowest BCUT2D eigenvalue weighted by atomic mass is 10.6. The number of alkyl halides is 6. The summed E-state index contributed by atoms with van der Waals surface area (Å²) in [5.74, 6) is -0.158. The molecule has 1 aromatic rings. The Morgan fingerprint density at radius 2 is 1.41 bits per heavy atom. The zero-order chi connectivity index (χ0) is 13.3. The van der Waals surface area contributed by atoms with Crippen LogP contribution in [0.3, 0.4) is 0 Å². The van der Waals surface area contributed by atoms with Crippen molar-refractivity contribution in [1.29, 1.82) is 0 Å². The van der Waals surface area contributed by atoms with Crippen molar-refractivity contribution >= 4 is 81.2 Å². The summed E-state index contributed by atoms with van der Waals surface area (Å²) in [5.41, 5.74) is 0. The second-order valence-corrected chi connectivity index (χ2v) is 7.15. The van der Waals surface area contributed by atoms with Crippen LogP contribution in [0, 0.1) is 0 Å². The first-order chi connectivity index (χ1) is 7.55. The Morgan fingerprint density at radius 1 is 0.882 bits per heavy atom. The minimum Gasteiger partial charge on any atom is -0.427 e. The quantitative estimate of drug-likeness (QED) is 0.557. The van der Waals surface area contributed by atoms with Gasteiger partial charge >= 0.3 is 14.0 Å². The Hall–Kier alpha value is 0.710. The molecule has 0 N–H and O–H groups in total. The standard InChI is InChI=1S/C6HCl7N2O2/c7-2-1-3(16-5(8,9)10)15-4(14-2)17-6(11,12)13/h1H. The van der Waals surface area contributed by atoms with Crippen molar-refractivity contribution in [3.63, 3.8) is 0 Å². The van der Waals surface area contributed by atoms with E-state index in [0.717, 1.165) is 0 Å². The number of hydrogen-bond acceptors (Lipinski definition) is 4. The van der Waals surface area contributed by atoms with E-state index in [2.05, 4.69) is 9.97 Å². The molecule has 1 heterocycles. The van der Waals surface area contributed by atoms with Gasteiger partial charge in [-0.05, 0) is 69.6 Å². The normalized spacial score (nSPS) is 12.4. The molecule has 0 bridgehead atoms. The molecule has 0 fully saturated rings. The van der Waals surface area contributed by atoms with Gasteiger partial charge in [-0.2, -0.15) is 9.97 Å². The fraction of sp³-hybridized carbons (Fsp3) is 0.333. The van der Waals surface area contributed by atoms with Crippen molar-refractivity contribution in [2.45, 2.75) is 7.96 Å².